The largest absolute Gasteiger partial charge is 0.350 e. The normalized spacial score (nSPS) is 10.2. The van der Waals surface area contributed by atoms with Crippen LogP contribution >= 0.6 is 11.6 Å². The van der Waals surface area contributed by atoms with Crippen LogP contribution in [0.5, 0.6) is 0 Å². The van der Waals surface area contributed by atoms with Crippen LogP contribution in [0.2, 0.25) is 5.02 Å². The van der Waals surface area contributed by atoms with Crippen molar-refractivity contribution in [1.29, 1.82) is 0 Å². The Morgan fingerprint density at radius 2 is 1.90 bits per heavy atom. The number of nitrogens with zero attached hydrogens (tertiary/aromatic N) is 1. The van der Waals surface area contributed by atoms with Gasteiger partial charge in [0.05, 0.1) is 4.92 Å². The number of rotatable bonds is 4. The van der Waals surface area contributed by atoms with Gasteiger partial charge in [0.2, 0.25) is 0 Å². The highest BCUT2D eigenvalue weighted by atomic mass is 35.5. The molecule has 0 amide bonds. The number of anilines is 3. The molecule has 0 heterocycles. The number of nitro groups is 1. The third-order valence-corrected chi connectivity index (χ3v) is 3.08. The predicted octanol–water partition coefficient (Wildman–Crippen LogP) is 3.59. The summed E-state index contributed by atoms with van der Waals surface area (Å²) >= 11 is 5.94. The monoisotopic (exact) mass is 292 g/mol. The molecule has 0 saturated carbocycles. The Hall–Kier alpha value is -2.31. The topological polar surface area (TPSA) is 93.2 Å². The fourth-order valence-electron chi connectivity index (χ4n) is 1.83. The third-order valence-electron chi connectivity index (χ3n) is 2.84. The number of benzene rings is 2. The Morgan fingerprint density at radius 1 is 1.20 bits per heavy atom. The Kier molecular flexibility index (Phi) is 4.07. The van der Waals surface area contributed by atoms with Gasteiger partial charge in [0.1, 0.15) is 11.4 Å². The van der Waals surface area contributed by atoms with Crippen molar-refractivity contribution in [2.24, 2.45) is 5.84 Å². The number of nitrogen functional groups attached to an aromatic ring is 1. The molecule has 7 heteroatoms. The Morgan fingerprint density at radius 3 is 2.55 bits per heavy atom. The molecule has 0 atom stereocenters. The van der Waals surface area contributed by atoms with Crippen molar-refractivity contribution in [2.75, 3.05) is 10.7 Å². The highest BCUT2D eigenvalue weighted by Crippen LogP contribution is 2.35. The SMILES string of the molecule is Cc1ccc(Cl)cc1Nc1cccc(NN)c1[N+](=O)[O-]. The molecule has 0 aliphatic rings. The summed E-state index contributed by atoms with van der Waals surface area (Å²) in [5, 5.41) is 14.8. The summed E-state index contributed by atoms with van der Waals surface area (Å²) in [5.41, 5.74) is 4.41. The lowest BCUT2D eigenvalue weighted by atomic mass is 10.1. The van der Waals surface area contributed by atoms with Gasteiger partial charge in [-0.1, -0.05) is 23.7 Å². The smallest absolute Gasteiger partial charge is 0.316 e. The number of nitrogens with two attached hydrogens (primary N) is 1. The van der Waals surface area contributed by atoms with Gasteiger partial charge in [-0.15, -0.1) is 0 Å². The van der Waals surface area contributed by atoms with E-state index in [0.717, 1.165) is 5.56 Å². The quantitative estimate of drug-likeness (QED) is 0.455. The molecule has 0 unspecified atom stereocenters. The fraction of sp³-hybridized carbons (Fsp3) is 0.0769. The third kappa shape index (κ3) is 2.81. The van der Waals surface area contributed by atoms with Crippen molar-refractivity contribution in [3.05, 3.63) is 57.1 Å². The molecule has 0 aromatic heterocycles. The number of nitro benzene ring substituents is 1. The van der Waals surface area contributed by atoms with Gasteiger partial charge in [-0.2, -0.15) is 0 Å². The molecule has 0 fully saturated rings. The van der Waals surface area contributed by atoms with E-state index in [9.17, 15) is 10.1 Å². The first-order valence-corrected chi connectivity index (χ1v) is 6.18. The van der Waals surface area contributed by atoms with E-state index in [0.29, 0.717) is 16.4 Å². The van der Waals surface area contributed by atoms with E-state index in [2.05, 4.69) is 10.7 Å². The van der Waals surface area contributed by atoms with Gasteiger partial charge in [0.15, 0.2) is 0 Å². The first-order valence-electron chi connectivity index (χ1n) is 5.80. The molecule has 0 bridgehead atoms. The van der Waals surface area contributed by atoms with E-state index < -0.39 is 4.92 Å². The maximum Gasteiger partial charge on any atom is 0.316 e. The van der Waals surface area contributed by atoms with Crippen molar-refractivity contribution < 1.29 is 4.92 Å². The first kappa shape index (κ1) is 14.1. The van der Waals surface area contributed by atoms with Gasteiger partial charge in [-0.3, -0.25) is 16.0 Å². The molecule has 104 valence electrons. The molecular formula is C13H13ClN4O2. The minimum absolute atomic E-state index is 0.116. The van der Waals surface area contributed by atoms with Crippen molar-refractivity contribution >= 4 is 34.4 Å². The van der Waals surface area contributed by atoms with Crippen molar-refractivity contribution in [3.8, 4) is 0 Å². The molecule has 2 aromatic rings. The summed E-state index contributed by atoms with van der Waals surface area (Å²) in [7, 11) is 0. The maximum atomic E-state index is 11.2. The lowest BCUT2D eigenvalue weighted by Crippen LogP contribution is -2.10. The van der Waals surface area contributed by atoms with Crippen LogP contribution in [-0.4, -0.2) is 4.92 Å². The zero-order valence-corrected chi connectivity index (χ0v) is 11.4. The van der Waals surface area contributed by atoms with Gasteiger partial charge >= 0.3 is 5.69 Å². The average Bonchev–Trinajstić information content (AvgIpc) is 2.42. The van der Waals surface area contributed by atoms with Crippen molar-refractivity contribution in [3.63, 3.8) is 0 Å². The summed E-state index contributed by atoms with van der Waals surface area (Å²) in [6.07, 6.45) is 0. The van der Waals surface area contributed by atoms with Gasteiger partial charge < -0.3 is 10.7 Å². The van der Waals surface area contributed by atoms with Crippen LogP contribution in [0.25, 0.3) is 0 Å². The number of halogens is 1. The Labute approximate surface area is 120 Å². The highest BCUT2D eigenvalue weighted by Gasteiger charge is 2.19. The minimum Gasteiger partial charge on any atom is -0.350 e. The average molecular weight is 293 g/mol. The number of hydrogen-bond acceptors (Lipinski definition) is 5. The number of nitrogens with one attached hydrogen (secondary N) is 2. The molecule has 0 aliphatic carbocycles. The van der Waals surface area contributed by atoms with E-state index in [1.807, 2.05) is 13.0 Å². The second kappa shape index (κ2) is 5.77. The van der Waals surface area contributed by atoms with Crippen LogP contribution in [0.3, 0.4) is 0 Å². The molecule has 6 nitrogen and oxygen atoms in total. The van der Waals surface area contributed by atoms with E-state index in [-0.39, 0.29) is 11.4 Å². The van der Waals surface area contributed by atoms with E-state index >= 15 is 0 Å². The zero-order chi connectivity index (χ0) is 14.7. The van der Waals surface area contributed by atoms with E-state index in [1.165, 1.54) is 6.07 Å². The minimum atomic E-state index is -0.489. The van der Waals surface area contributed by atoms with Crippen LogP contribution in [0, 0.1) is 17.0 Å². The maximum absolute atomic E-state index is 11.2. The number of hydrogen-bond donors (Lipinski definition) is 3. The van der Waals surface area contributed by atoms with Crippen LogP contribution in [0.15, 0.2) is 36.4 Å². The Bertz CT molecular complexity index is 661. The van der Waals surface area contributed by atoms with E-state index in [1.54, 1.807) is 24.3 Å². The number of hydrazine groups is 1. The van der Waals surface area contributed by atoms with Crippen LogP contribution < -0.4 is 16.6 Å². The predicted molar refractivity (Wildman–Crippen MR) is 80.4 cm³/mol. The van der Waals surface area contributed by atoms with Crippen LogP contribution in [-0.2, 0) is 0 Å². The second-order valence-electron chi connectivity index (χ2n) is 4.19. The number of para-hydroxylation sites is 1. The highest BCUT2D eigenvalue weighted by molar-refractivity contribution is 6.30. The molecular weight excluding hydrogens is 280 g/mol. The lowest BCUT2D eigenvalue weighted by Gasteiger charge is -2.12. The molecule has 2 rings (SSSR count). The van der Waals surface area contributed by atoms with Gasteiger partial charge in [0.25, 0.3) is 0 Å². The molecule has 0 aliphatic heterocycles. The van der Waals surface area contributed by atoms with Crippen LogP contribution in [0.4, 0.5) is 22.7 Å². The van der Waals surface area contributed by atoms with Gasteiger partial charge in [-0.25, -0.2) is 0 Å². The van der Waals surface area contributed by atoms with Gasteiger partial charge in [-0.05, 0) is 36.8 Å². The standard InChI is InChI=1S/C13H13ClN4O2/c1-8-5-6-9(14)7-12(8)16-10-3-2-4-11(17-15)13(10)18(19)20/h2-7,16-17H,15H2,1H3. The summed E-state index contributed by atoms with van der Waals surface area (Å²) in [6, 6.07) is 10.1. The molecule has 20 heavy (non-hydrogen) atoms. The van der Waals surface area contributed by atoms with Crippen molar-refractivity contribution in [1.82, 2.24) is 0 Å². The summed E-state index contributed by atoms with van der Waals surface area (Å²) in [4.78, 5) is 10.7. The Balaban J connectivity index is 2.48. The zero-order valence-electron chi connectivity index (χ0n) is 10.7. The fourth-order valence-corrected chi connectivity index (χ4v) is 2.00. The molecule has 4 N–H and O–H groups in total. The first-order chi connectivity index (χ1) is 9.52. The summed E-state index contributed by atoms with van der Waals surface area (Å²) in [5.74, 6) is 5.30. The molecule has 0 saturated heterocycles. The van der Waals surface area contributed by atoms with Crippen molar-refractivity contribution in [2.45, 2.75) is 6.92 Å². The summed E-state index contributed by atoms with van der Waals surface area (Å²) < 4.78 is 0. The molecule has 0 radical (unpaired) electrons. The molecule has 2 aromatic carbocycles. The lowest BCUT2D eigenvalue weighted by molar-refractivity contribution is -0.383. The second-order valence-corrected chi connectivity index (χ2v) is 4.62. The van der Waals surface area contributed by atoms with Crippen LogP contribution in [0.1, 0.15) is 5.56 Å². The molecule has 0 spiro atoms. The number of aryl methyl sites for hydroxylation is 1. The van der Waals surface area contributed by atoms with Gasteiger partial charge in [0, 0.05) is 10.7 Å². The summed E-state index contributed by atoms with van der Waals surface area (Å²) in [6.45, 7) is 1.88. The van der Waals surface area contributed by atoms with E-state index in [4.69, 9.17) is 17.4 Å².